The quantitative estimate of drug-likeness (QED) is 0.781. The van der Waals surface area contributed by atoms with Crippen LogP contribution in [0.4, 0.5) is 17.2 Å². The van der Waals surface area contributed by atoms with Crippen LogP contribution in [-0.2, 0) is 11.8 Å². The minimum absolute atomic E-state index is 0.128. The first kappa shape index (κ1) is 13.1. The van der Waals surface area contributed by atoms with Gasteiger partial charge in [-0.15, -0.1) is 0 Å². The topological polar surface area (TPSA) is 77.0 Å². The van der Waals surface area contributed by atoms with Gasteiger partial charge >= 0.3 is 0 Å². The third-order valence-electron chi connectivity index (χ3n) is 3.30. The third kappa shape index (κ3) is 2.31. The van der Waals surface area contributed by atoms with E-state index in [0.29, 0.717) is 11.5 Å². The highest BCUT2D eigenvalue weighted by molar-refractivity contribution is 6.00. The van der Waals surface area contributed by atoms with Gasteiger partial charge in [0.05, 0.1) is 17.4 Å². The van der Waals surface area contributed by atoms with Gasteiger partial charge in [0.2, 0.25) is 5.91 Å². The van der Waals surface area contributed by atoms with Crippen LogP contribution < -0.4 is 10.6 Å². The Kier molecular flexibility index (Phi) is 3.06. The van der Waals surface area contributed by atoms with Crippen LogP contribution in [0, 0.1) is 0 Å². The molecule has 106 valence electrons. The van der Waals surface area contributed by atoms with Crippen LogP contribution in [0.15, 0.2) is 42.7 Å². The number of aryl methyl sites for hydroxylation is 1. The van der Waals surface area contributed by atoms with E-state index in [1.807, 2.05) is 25.2 Å². The van der Waals surface area contributed by atoms with Crippen LogP contribution >= 0.6 is 0 Å². The largest absolute Gasteiger partial charge is 0.399 e. The molecule has 0 unspecified atom stereocenters. The lowest BCUT2D eigenvalue weighted by Crippen LogP contribution is -2.23. The Morgan fingerprint density at radius 3 is 2.81 bits per heavy atom. The van der Waals surface area contributed by atoms with E-state index in [0.717, 1.165) is 16.6 Å². The molecule has 3 aromatic rings. The van der Waals surface area contributed by atoms with Crippen molar-refractivity contribution >= 4 is 34.0 Å². The van der Waals surface area contributed by atoms with Gasteiger partial charge in [-0.3, -0.25) is 14.4 Å². The number of hydrogen-bond donors (Lipinski definition) is 1. The number of nitrogen functional groups attached to an aromatic ring is 1. The lowest BCUT2D eigenvalue weighted by atomic mass is 10.2. The summed E-state index contributed by atoms with van der Waals surface area (Å²) >= 11 is 0. The molecule has 0 aliphatic carbocycles. The van der Waals surface area contributed by atoms with Crippen LogP contribution in [0.1, 0.15) is 6.92 Å². The van der Waals surface area contributed by atoms with Crippen molar-refractivity contribution in [2.75, 3.05) is 10.6 Å². The number of pyridine rings is 1. The Balaban J connectivity index is 2.13. The Labute approximate surface area is 121 Å². The Hall–Kier alpha value is -2.89. The first-order chi connectivity index (χ1) is 10.1. The van der Waals surface area contributed by atoms with Crippen molar-refractivity contribution in [1.82, 2.24) is 14.8 Å². The molecule has 0 saturated carbocycles. The molecule has 0 aliphatic rings. The number of anilines is 3. The van der Waals surface area contributed by atoms with E-state index in [2.05, 4.69) is 10.1 Å². The Bertz CT molecular complexity index is 824. The SMILES string of the molecule is CC(=O)N(c1ccc2c(cnn2C)c1)c1cc(N)ccn1. The zero-order chi connectivity index (χ0) is 15.0. The molecule has 0 aliphatic heterocycles. The lowest BCUT2D eigenvalue weighted by molar-refractivity contribution is -0.115. The number of nitrogens with two attached hydrogens (primary N) is 1. The second-order valence-corrected chi connectivity index (χ2v) is 4.81. The predicted molar refractivity (Wildman–Crippen MR) is 82.2 cm³/mol. The highest BCUT2D eigenvalue weighted by Crippen LogP contribution is 2.28. The van der Waals surface area contributed by atoms with Crippen molar-refractivity contribution in [3.05, 3.63) is 42.7 Å². The molecule has 0 bridgehead atoms. The molecule has 2 aromatic heterocycles. The fraction of sp³-hybridized carbons (Fsp3) is 0.133. The Morgan fingerprint density at radius 1 is 1.29 bits per heavy atom. The van der Waals surface area contributed by atoms with Crippen molar-refractivity contribution in [3.8, 4) is 0 Å². The van der Waals surface area contributed by atoms with Crippen LogP contribution in [-0.4, -0.2) is 20.7 Å². The van der Waals surface area contributed by atoms with Crippen molar-refractivity contribution < 1.29 is 4.79 Å². The summed E-state index contributed by atoms with van der Waals surface area (Å²) in [6.07, 6.45) is 3.35. The fourth-order valence-electron chi connectivity index (χ4n) is 2.32. The summed E-state index contributed by atoms with van der Waals surface area (Å²) in [5.41, 5.74) is 8.08. The summed E-state index contributed by atoms with van der Waals surface area (Å²) in [5, 5.41) is 5.17. The highest BCUT2D eigenvalue weighted by atomic mass is 16.2. The van der Waals surface area contributed by atoms with E-state index in [1.54, 1.807) is 29.2 Å². The molecule has 3 rings (SSSR count). The number of hydrogen-bond acceptors (Lipinski definition) is 4. The maximum absolute atomic E-state index is 12.0. The molecule has 6 nitrogen and oxygen atoms in total. The molecule has 0 atom stereocenters. The first-order valence-electron chi connectivity index (χ1n) is 6.50. The van der Waals surface area contributed by atoms with Gasteiger partial charge in [-0.25, -0.2) is 4.98 Å². The number of carbonyl (C=O) groups excluding carboxylic acids is 1. The fourth-order valence-corrected chi connectivity index (χ4v) is 2.32. The Morgan fingerprint density at radius 2 is 2.10 bits per heavy atom. The zero-order valence-electron chi connectivity index (χ0n) is 11.8. The molecule has 21 heavy (non-hydrogen) atoms. The molecule has 0 saturated heterocycles. The van der Waals surface area contributed by atoms with Gasteiger partial charge < -0.3 is 5.73 Å². The number of aromatic nitrogens is 3. The minimum Gasteiger partial charge on any atom is -0.399 e. The van der Waals surface area contributed by atoms with Gasteiger partial charge in [0.25, 0.3) is 0 Å². The molecule has 6 heteroatoms. The van der Waals surface area contributed by atoms with Crippen LogP contribution in [0.2, 0.25) is 0 Å². The minimum atomic E-state index is -0.128. The molecular weight excluding hydrogens is 266 g/mol. The number of amides is 1. The second kappa shape index (κ2) is 4.90. The monoisotopic (exact) mass is 281 g/mol. The summed E-state index contributed by atoms with van der Waals surface area (Å²) in [7, 11) is 1.88. The number of benzene rings is 1. The zero-order valence-corrected chi connectivity index (χ0v) is 11.8. The number of fused-ring (bicyclic) bond motifs is 1. The average Bonchev–Trinajstić information content (AvgIpc) is 2.80. The first-order valence-corrected chi connectivity index (χ1v) is 6.50. The van der Waals surface area contributed by atoms with Gasteiger partial charge in [0.1, 0.15) is 5.82 Å². The van der Waals surface area contributed by atoms with E-state index >= 15 is 0 Å². The lowest BCUT2D eigenvalue weighted by Gasteiger charge is -2.20. The summed E-state index contributed by atoms with van der Waals surface area (Å²) in [6, 6.07) is 9.08. The van der Waals surface area contributed by atoms with E-state index < -0.39 is 0 Å². The van der Waals surface area contributed by atoms with Crippen molar-refractivity contribution in [3.63, 3.8) is 0 Å². The molecule has 0 fully saturated rings. The third-order valence-corrected chi connectivity index (χ3v) is 3.30. The highest BCUT2D eigenvalue weighted by Gasteiger charge is 2.16. The molecule has 2 heterocycles. The van der Waals surface area contributed by atoms with Gasteiger partial charge in [-0.05, 0) is 24.3 Å². The summed E-state index contributed by atoms with van der Waals surface area (Å²) in [5.74, 6) is 0.377. The smallest absolute Gasteiger partial charge is 0.229 e. The summed E-state index contributed by atoms with van der Waals surface area (Å²) < 4.78 is 1.79. The molecule has 1 aromatic carbocycles. The van der Waals surface area contributed by atoms with Crippen LogP contribution in [0.3, 0.4) is 0 Å². The number of rotatable bonds is 2. The van der Waals surface area contributed by atoms with Crippen LogP contribution in [0.5, 0.6) is 0 Å². The van der Waals surface area contributed by atoms with Gasteiger partial charge in [-0.2, -0.15) is 5.10 Å². The molecule has 2 N–H and O–H groups in total. The molecule has 1 amide bonds. The maximum Gasteiger partial charge on any atom is 0.229 e. The molecule has 0 radical (unpaired) electrons. The predicted octanol–water partition coefficient (Wildman–Crippen LogP) is 2.24. The summed E-state index contributed by atoms with van der Waals surface area (Å²) in [4.78, 5) is 17.8. The maximum atomic E-state index is 12.0. The van der Waals surface area contributed by atoms with Crippen molar-refractivity contribution in [2.24, 2.45) is 7.05 Å². The average molecular weight is 281 g/mol. The van der Waals surface area contributed by atoms with E-state index in [1.165, 1.54) is 11.8 Å². The molecular formula is C15H15N5O. The van der Waals surface area contributed by atoms with Crippen molar-refractivity contribution in [1.29, 1.82) is 0 Å². The van der Waals surface area contributed by atoms with Crippen molar-refractivity contribution in [2.45, 2.75) is 6.92 Å². The number of carbonyl (C=O) groups is 1. The standard InChI is InChI=1S/C15H15N5O/c1-10(21)20(15-8-12(16)5-6-17-15)13-3-4-14-11(7-13)9-18-19(14)2/h3-9H,1-2H3,(H2,16,17). The second-order valence-electron chi connectivity index (χ2n) is 4.81. The normalized spacial score (nSPS) is 10.8. The molecule has 0 spiro atoms. The van der Waals surface area contributed by atoms with E-state index in [-0.39, 0.29) is 5.91 Å². The summed E-state index contributed by atoms with van der Waals surface area (Å²) in [6.45, 7) is 1.50. The van der Waals surface area contributed by atoms with Crippen LogP contribution in [0.25, 0.3) is 10.9 Å². The van der Waals surface area contributed by atoms with Gasteiger partial charge in [0.15, 0.2) is 0 Å². The van der Waals surface area contributed by atoms with E-state index in [4.69, 9.17) is 5.73 Å². The van der Waals surface area contributed by atoms with E-state index in [9.17, 15) is 4.79 Å². The van der Waals surface area contributed by atoms with Gasteiger partial charge in [-0.1, -0.05) is 0 Å². The van der Waals surface area contributed by atoms with Gasteiger partial charge in [0, 0.05) is 37.3 Å². The number of nitrogens with zero attached hydrogens (tertiary/aromatic N) is 4.